The van der Waals surface area contributed by atoms with E-state index in [1.54, 1.807) is 6.07 Å². The zero-order valence-electron chi connectivity index (χ0n) is 12.9. The molecule has 0 saturated heterocycles. The second-order valence-electron chi connectivity index (χ2n) is 5.66. The van der Waals surface area contributed by atoms with E-state index >= 15 is 0 Å². The van der Waals surface area contributed by atoms with Crippen molar-refractivity contribution < 1.29 is 4.39 Å². The Labute approximate surface area is 129 Å². The first kappa shape index (κ1) is 14.7. The lowest BCUT2D eigenvalue weighted by molar-refractivity contribution is 0.627. The average molecular weight is 297 g/mol. The molecule has 3 nitrogen and oxygen atoms in total. The molecule has 2 N–H and O–H groups in total. The second kappa shape index (κ2) is 5.89. The Hall–Kier alpha value is -2.20. The Morgan fingerprint density at radius 1 is 1.14 bits per heavy atom. The van der Waals surface area contributed by atoms with Crippen LogP contribution in [0.3, 0.4) is 0 Å². The van der Waals surface area contributed by atoms with E-state index in [1.807, 2.05) is 6.07 Å². The van der Waals surface area contributed by atoms with E-state index < -0.39 is 0 Å². The Kier molecular flexibility index (Phi) is 3.94. The summed E-state index contributed by atoms with van der Waals surface area (Å²) in [5, 5.41) is 0. The molecule has 0 aliphatic heterocycles. The molecule has 0 amide bonds. The number of rotatable bonds is 4. The van der Waals surface area contributed by atoms with E-state index in [-0.39, 0.29) is 5.82 Å². The largest absolute Gasteiger partial charge is 0.330 e. The summed E-state index contributed by atoms with van der Waals surface area (Å²) in [5.41, 5.74) is 10.9. The van der Waals surface area contributed by atoms with Gasteiger partial charge in [-0.2, -0.15) is 0 Å². The van der Waals surface area contributed by atoms with Crippen molar-refractivity contribution in [2.24, 2.45) is 5.73 Å². The van der Waals surface area contributed by atoms with E-state index in [1.165, 1.54) is 23.3 Å². The molecule has 2 aromatic carbocycles. The number of hydrogen-bond donors (Lipinski definition) is 1. The Morgan fingerprint density at radius 2 is 1.91 bits per heavy atom. The molecule has 0 radical (unpaired) electrons. The van der Waals surface area contributed by atoms with Gasteiger partial charge in [0.15, 0.2) is 0 Å². The molecule has 0 fully saturated rings. The minimum atomic E-state index is -0.248. The Morgan fingerprint density at radius 3 is 2.64 bits per heavy atom. The lowest BCUT2D eigenvalue weighted by atomic mass is 10.1. The first-order valence-corrected chi connectivity index (χ1v) is 7.53. The van der Waals surface area contributed by atoms with Crippen molar-refractivity contribution in [3.63, 3.8) is 0 Å². The molecular formula is C18H20FN3. The smallest absolute Gasteiger partial charge is 0.141 e. The predicted molar refractivity (Wildman–Crippen MR) is 88.3 cm³/mol. The summed E-state index contributed by atoms with van der Waals surface area (Å²) in [6, 6.07) is 10.8. The van der Waals surface area contributed by atoms with Crippen molar-refractivity contribution in [2.45, 2.75) is 26.8 Å². The van der Waals surface area contributed by atoms with Gasteiger partial charge in [-0.1, -0.05) is 12.1 Å². The van der Waals surface area contributed by atoms with E-state index in [0.29, 0.717) is 6.54 Å². The van der Waals surface area contributed by atoms with E-state index in [9.17, 15) is 4.39 Å². The maximum absolute atomic E-state index is 13.6. The summed E-state index contributed by atoms with van der Waals surface area (Å²) >= 11 is 0. The molecule has 114 valence electrons. The molecule has 4 heteroatoms. The fourth-order valence-corrected chi connectivity index (χ4v) is 2.70. The maximum Gasteiger partial charge on any atom is 0.141 e. The van der Waals surface area contributed by atoms with Crippen LogP contribution in [0.15, 0.2) is 36.4 Å². The first-order chi connectivity index (χ1) is 10.6. The number of aromatic nitrogens is 2. The zero-order valence-corrected chi connectivity index (χ0v) is 12.9. The van der Waals surface area contributed by atoms with Crippen LogP contribution in [-0.2, 0) is 6.54 Å². The lowest BCUT2D eigenvalue weighted by Crippen LogP contribution is -2.07. The van der Waals surface area contributed by atoms with Gasteiger partial charge in [0, 0.05) is 12.1 Å². The van der Waals surface area contributed by atoms with Crippen molar-refractivity contribution in [1.82, 2.24) is 9.55 Å². The summed E-state index contributed by atoms with van der Waals surface area (Å²) in [4.78, 5) is 4.73. The number of nitrogens with two attached hydrogens (primary N) is 1. The number of imidazole rings is 1. The molecule has 22 heavy (non-hydrogen) atoms. The van der Waals surface area contributed by atoms with E-state index in [2.05, 4.69) is 30.5 Å². The fourth-order valence-electron chi connectivity index (χ4n) is 2.70. The van der Waals surface area contributed by atoms with Crippen LogP contribution >= 0.6 is 0 Å². The third-order valence-electron chi connectivity index (χ3n) is 4.03. The average Bonchev–Trinajstić information content (AvgIpc) is 2.83. The van der Waals surface area contributed by atoms with Gasteiger partial charge in [0.1, 0.15) is 11.6 Å². The molecule has 1 aromatic heterocycles. The van der Waals surface area contributed by atoms with Gasteiger partial charge in [-0.25, -0.2) is 9.37 Å². The third kappa shape index (κ3) is 2.62. The second-order valence-corrected chi connectivity index (χ2v) is 5.66. The molecule has 0 atom stereocenters. The summed E-state index contributed by atoms with van der Waals surface area (Å²) in [6.45, 7) is 5.57. The summed E-state index contributed by atoms with van der Waals surface area (Å²) in [7, 11) is 0. The van der Waals surface area contributed by atoms with Gasteiger partial charge in [-0.3, -0.25) is 0 Å². The standard InChI is InChI=1S/C18H20FN3/c1-12-9-16-17(10-13(12)2)22(8-4-7-20)18(21-16)14-5-3-6-15(19)11-14/h3,5-6,9-11H,4,7-8,20H2,1-2H3. The van der Waals surface area contributed by atoms with Gasteiger partial charge in [0.2, 0.25) is 0 Å². The van der Waals surface area contributed by atoms with Crippen LogP contribution in [0.5, 0.6) is 0 Å². The minimum absolute atomic E-state index is 0.248. The van der Waals surface area contributed by atoms with Crippen molar-refractivity contribution in [3.8, 4) is 11.4 Å². The van der Waals surface area contributed by atoms with Crippen LogP contribution in [0.4, 0.5) is 4.39 Å². The molecule has 3 aromatic rings. The number of benzene rings is 2. The highest BCUT2D eigenvalue weighted by Crippen LogP contribution is 2.27. The molecular weight excluding hydrogens is 277 g/mol. The number of halogens is 1. The van der Waals surface area contributed by atoms with E-state index in [0.717, 1.165) is 35.4 Å². The van der Waals surface area contributed by atoms with Gasteiger partial charge in [-0.15, -0.1) is 0 Å². The highest BCUT2D eigenvalue weighted by atomic mass is 19.1. The van der Waals surface area contributed by atoms with Crippen LogP contribution in [0.1, 0.15) is 17.5 Å². The molecule has 0 spiro atoms. The number of aryl methyl sites for hydroxylation is 3. The minimum Gasteiger partial charge on any atom is -0.330 e. The highest BCUT2D eigenvalue weighted by molar-refractivity contribution is 5.82. The van der Waals surface area contributed by atoms with Crippen molar-refractivity contribution in [2.75, 3.05) is 6.54 Å². The molecule has 0 aliphatic carbocycles. The highest BCUT2D eigenvalue weighted by Gasteiger charge is 2.14. The van der Waals surface area contributed by atoms with Crippen molar-refractivity contribution in [3.05, 3.63) is 53.3 Å². The van der Waals surface area contributed by atoms with Crippen molar-refractivity contribution in [1.29, 1.82) is 0 Å². The molecule has 0 aliphatic rings. The number of nitrogens with zero attached hydrogens (tertiary/aromatic N) is 2. The lowest BCUT2D eigenvalue weighted by Gasteiger charge is -2.09. The van der Waals surface area contributed by atoms with Gasteiger partial charge < -0.3 is 10.3 Å². The number of fused-ring (bicyclic) bond motifs is 1. The van der Waals surface area contributed by atoms with E-state index in [4.69, 9.17) is 10.7 Å². The molecule has 0 bridgehead atoms. The molecule has 0 saturated carbocycles. The zero-order chi connectivity index (χ0) is 15.7. The Bertz CT molecular complexity index is 821. The SMILES string of the molecule is Cc1cc2nc(-c3cccc(F)c3)n(CCCN)c2cc1C. The first-order valence-electron chi connectivity index (χ1n) is 7.53. The van der Waals surface area contributed by atoms with Gasteiger partial charge in [0.25, 0.3) is 0 Å². The van der Waals surface area contributed by atoms with Crippen molar-refractivity contribution >= 4 is 11.0 Å². The summed E-state index contributed by atoms with van der Waals surface area (Å²) in [5.74, 6) is 0.551. The number of hydrogen-bond acceptors (Lipinski definition) is 2. The predicted octanol–water partition coefficient (Wildman–Crippen LogP) is 3.81. The van der Waals surface area contributed by atoms with Gasteiger partial charge in [0.05, 0.1) is 11.0 Å². The van der Waals surface area contributed by atoms with Crippen LogP contribution < -0.4 is 5.73 Å². The van der Waals surface area contributed by atoms with Crippen LogP contribution in [0.2, 0.25) is 0 Å². The molecule has 0 unspecified atom stereocenters. The van der Waals surface area contributed by atoms with Gasteiger partial charge in [-0.05, 0) is 62.2 Å². The molecule has 3 rings (SSSR count). The van der Waals surface area contributed by atoms with Crippen LogP contribution in [0, 0.1) is 19.7 Å². The normalized spacial score (nSPS) is 11.3. The Balaban J connectivity index is 2.23. The maximum atomic E-state index is 13.6. The van der Waals surface area contributed by atoms with Crippen LogP contribution in [-0.4, -0.2) is 16.1 Å². The topological polar surface area (TPSA) is 43.8 Å². The fraction of sp³-hybridized carbons (Fsp3) is 0.278. The third-order valence-corrected chi connectivity index (χ3v) is 4.03. The quantitative estimate of drug-likeness (QED) is 0.796. The summed E-state index contributed by atoms with van der Waals surface area (Å²) < 4.78 is 15.7. The van der Waals surface area contributed by atoms with Crippen LogP contribution in [0.25, 0.3) is 22.4 Å². The molecule has 1 heterocycles. The monoisotopic (exact) mass is 297 g/mol. The van der Waals surface area contributed by atoms with Gasteiger partial charge >= 0.3 is 0 Å². The summed E-state index contributed by atoms with van der Waals surface area (Å²) in [6.07, 6.45) is 0.862.